The van der Waals surface area contributed by atoms with Crippen molar-refractivity contribution in [3.63, 3.8) is 0 Å². The largest absolute Gasteiger partial charge is 0.457 e. The first-order valence-corrected chi connectivity index (χ1v) is 15.6. The maximum atomic E-state index is 13.7. The highest BCUT2D eigenvalue weighted by Crippen LogP contribution is 2.48. The van der Waals surface area contributed by atoms with E-state index in [1.165, 1.54) is 11.8 Å². The zero-order valence-corrected chi connectivity index (χ0v) is 25.0. The second-order valence-corrected chi connectivity index (χ2v) is 12.5. The predicted octanol–water partition coefficient (Wildman–Crippen LogP) is 3.29. The summed E-state index contributed by atoms with van der Waals surface area (Å²) in [6, 6.07) is 14.7. The summed E-state index contributed by atoms with van der Waals surface area (Å²) in [6.07, 6.45) is 2.42. The number of para-hydroxylation sites is 1. The average molecular weight is 591 g/mol. The van der Waals surface area contributed by atoms with Gasteiger partial charge in [0.25, 0.3) is 5.91 Å². The van der Waals surface area contributed by atoms with E-state index in [2.05, 4.69) is 21.3 Å². The van der Waals surface area contributed by atoms with Crippen molar-refractivity contribution in [3.8, 4) is 11.5 Å². The molecule has 0 bridgehead atoms. The minimum absolute atomic E-state index is 0.00972. The van der Waals surface area contributed by atoms with Crippen LogP contribution in [0.25, 0.3) is 0 Å². The number of rotatable bonds is 7. The molecule has 4 amide bonds. The quantitative estimate of drug-likeness (QED) is 0.391. The second kappa shape index (κ2) is 12.0. The molecule has 3 unspecified atom stereocenters. The van der Waals surface area contributed by atoms with E-state index in [-0.39, 0.29) is 47.3 Å². The summed E-state index contributed by atoms with van der Waals surface area (Å²) in [5.74, 6) is 1.29. The predicted molar refractivity (Wildman–Crippen MR) is 163 cm³/mol. The Morgan fingerprint density at radius 1 is 1.12 bits per heavy atom. The highest BCUT2D eigenvalue weighted by Gasteiger charge is 2.52. The van der Waals surface area contributed by atoms with Crippen molar-refractivity contribution in [3.05, 3.63) is 64.7 Å². The smallest absolute Gasteiger partial charge is 0.326 e. The fraction of sp³-hybridized carbons (Fsp3) is 0.452. The van der Waals surface area contributed by atoms with Gasteiger partial charge in [-0.25, -0.2) is 4.79 Å². The first-order valence-electron chi connectivity index (χ1n) is 14.7. The first kappa shape index (κ1) is 28.6. The van der Waals surface area contributed by atoms with Crippen molar-refractivity contribution in [2.45, 2.75) is 56.6 Å². The minimum Gasteiger partial charge on any atom is -0.457 e. The monoisotopic (exact) mass is 590 g/mol. The fourth-order valence-corrected chi connectivity index (χ4v) is 7.83. The standard InChI is InChI=1S/C31H38N6O4S/c1-18-16-22(41-21-9-5-4-6-10-21)11-12-23(18)37-24-13-14-33-29-25(24)26(35-31(37)40)27(42-29)28(38)34-20-8-7-15-36(17-20)30(39)19(2)32-3/h4-6,9-12,16,19-20,24-25,29,32-33H,7-8,13-15,17H2,1-3H3,(H,34,38)(H,35,40)/t19-,20+,24?,25?,29?/m0/s1. The van der Waals surface area contributed by atoms with Crippen LogP contribution in [0, 0.1) is 12.8 Å². The first-order chi connectivity index (χ1) is 20.3. The van der Waals surface area contributed by atoms with Crippen LogP contribution in [0.2, 0.25) is 0 Å². The number of urea groups is 1. The van der Waals surface area contributed by atoms with Crippen LogP contribution in [0.3, 0.4) is 0 Å². The summed E-state index contributed by atoms with van der Waals surface area (Å²) < 4.78 is 6.01. The molecule has 2 aromatic carbocycles. The minimum atomic E-state index is -0.266. The van der Waals surface area contributed by atoms with Crippen LogP contribution >= 0.6 is 11.8 Å². The third kappa shape index (κ3) is 5.48. The number of nitrogens with one attached hydrogen (secondary N) is 4. The van der Waals surface area contributed by atoms with Crippen LogP contribution in [0.5, 0.6) is 11.5 Å². The van der Waals surface area contributed by atoms with Gasteiger partial charge >= 0.3 is 6.03 Å². The number of hydrogen-bond donors (Lipinski definition) is 4. The Hall–Kier alpha value is -3.54. The maximum Gasteiger partial charge on any atom is 0.326 e. The van der Waals surface area contributed by atoms with Crippen LogP contribution in [0.1, 0.15) is 31.7 Å². The Bertz CT molecular complexity index is 1400. The molecule has 0 spiro atoms. The summed E-state index contributed by atoms with van der Waals surface area (Å²) in [7, 11) is 1.77. The van der Waals surface area contributed by atoms with Crippen molar-refractivity contribution < 1.29 is 19.1 Å². The summed E-state index contributed by atoms with van der Waals surface area (Å²) in [6.45, 7) is 5.77. The molecule has 0 aromatic heterocycles. The van der Waals surface area contributed by atoms with E-state index in [0.717, 1.165) is 42.8 Å². The number of likely N-dealkylation sites (N-methyl/N-ethyl adjacent to an activating group) is 1. The summed E-state index contributed by atoms with van der Waals surface area (Å²) >= 11 is 1.50. The summed E-state index contributed by atoms with van der Waals surface area (Å²) in [4.78, 5) is 44.2. The number of aryl methyl sites for hydroxylation is 1. The Kier molecular flexibility index (Phi) is 8.15. The van der Waals surface area contributed by atoms with Crippen LogP contribution in [-0.4, -0.2) is 72.9 Å². The summed E-state index contributed by atoms with van der Waals surface area (Å²) in [5.41, 5.74) is 2.48. The van der Waals surface area contributed by atoms with Crippen LogP contribution in [0.15, 0.2) is 59.1 Å². The van der Waals surface area contributed by atoms with Crippen molar-refractivity contribution in [2.24, 2.45) is 5.92 Å². The van der Waals surface area contributed by atoms with E-state index in [1.54, 1.807) is 7.05 Å². The third-order valence-corrected chi connectivity index (χ3v) is 9.98. The van der Waals surface area contributed by atoms with E-state index in [0.29, 0.717) is 29.4 Å². The molecule has 4 N–H and O–H groups in total. The van der Waals surface area contributed by atoms with Crippen molar-refractivity contribution >= 4 is 35.3 Å². The molecule has 42 heavy (non-hydrogen) atoms. The number of carbonyl (C=O) groups excluding carboxylic acids is 3. The molecular weight excluding hydrogens is 552 g/mol. The van der Waals surface area contributed by atoms with Gasteiger partial charge in [-0.15, -0.1) is 0 Å². The van der Waals surface area contributed by atoms with Gasteiger partial charge in [0.15, 0.2) is 0 Å². The van der Waals surface area contributed by atoms with Gasteiger partial charge < -0.3 is 30.9 Å². The zero-order chi connectivity index (χ0) is 29.4. The molecule has 3 fully saturated rings. The van der Waals surface area contributed by atoms with Crippen molar-refractivity contribution in [1.82, 2.24) is 26.2 Å². The molecular formula is C31H38N6O4S. The van der Waals surface area contributed by atoms with Crippen LogP contribution < -0.4 is 30.9 Å². The number of likely N-dealkylation sites (tertiary alicyclic amines) is 1. The Labute approximate surface area is 250 Å². The molecule has 6 rings (SSSR count). The lowest BCUT2D eigenvalue weighted by Gasteiger charge is -2.46. The number of nitrogens with zero attached hydrogens (tertiary/aromatic N) is 2. The molecule has 0 saturated carbocycles. The van der Waals surface area contributed by atoms with Gasteiger partial charge in [-0.1, -0.05) is 30.0 Å². The number of piperidine rings is 2. The summed E-state index contributed by atoms with van der Waals surface area (Å²) in [5, 5.41) is 12.8. The number of anilines is 1. The van der Waals surface area contributed by atoms with E-state index >= 15 is 0 Å². The van der Waals surface area contributed by atoms with Crippen molar-refractivity contribution in [2.75, 3.05) is 31.6 Å². The van der Waals surface area contributed by atoms with Gasteiger partial charge in [-0.2, -0.15) is 0 Å². The highest BCUT2D eigenvalue weighted by molar-refractivity contribution is 8.04. The van der Waals surface area contributed by atoms with Crippen LogP contribution in [0.4, 0.5) is 10.5 Å². The third-order valence-electron chi connectivity index (χ3n) is 8.63. The lowest BCUT2D eigenvalue weighted by Crippen LogP contribution is -2.62. The second-order valence-electron chi connectivity index (χ2n) is 11.4. The molecule has 4 aliphatic heterocycles. The van der Waals surface area contributed by atoms with Gasteiger partial charge in [0.05, 0.1) is 22.4 Å². The fourth-order valence-electron chi connectivity index (χ4n) is 6.43. The molecule has 10 nitrogen and oxygen atoms in total. The van der Waals surface area contributed by atoms with Gasteiger partial charge in [-0.3, -0.25) is 14.5 Å². The lowest BCUT2D eigenvalue weighted by atomic mass is 9.86. The molecule has 4 heterocycles. The average Bonchev–Trinajstić information content (AvgIpc) is 3.37. The van der Waals surface area contributed by atoms with E-state index in [4.69, 9.17) is 4.74 Å². The molecule has 0 radical (unpaired) electrons. The Morgan fingerprint density at radius 2 is 1.93 bits per heavy atom. The normalized spacial score (nSPS) is 25.9. The Morgan fingerprint density at radius 3 is 2.69 bits per heavy atom. The van der Waals surface area contributed by atoms with E-state index in [1.807, 2.05) is 72.2 Å². The van der Waals surface area contributed by atoms with Gasteiger partial charge in [-0.05, 0) is 82.6 Å². The SMILES string of the molecule is CN[C@@H](C)C(=O)N1CCC[C@@H](NC(=O)C2=C3NC(=O)N(c4ccc(Oc5ccccc5)cc4C)C4CCNC(S2)C34)C1. The molecule has 2 aromatic rings. The Balaban J connectivity index is 1.19. The topological polar surface area (TPSA) is 115 Å². The number of amides is 4. The molecule has 0 aliphatic carbocycles. The number of thioether (sulfide) groups is 1. The van der Waals surface area contributed by atoms with Gasteiger partial charge in [0.1, 0.15) is 11.5 Å². The number of benzene rings is 2. The van der Waals surface area contributed by atoms with E-state index in [9.17, 15) is 14.4 Å². The highest BCUT2D eigenvalue weighted by atomic mass is 32.2. The molecule has 3 saturated heterocycles. The molecule has 222 valence electrons. The van der Waals surface area contributed by atoms with E-state index < -0.39 is 0 Å². The number of carbonyl (C=O) groups is 3. The molecule has 11 heteroatoms. The van der Waals surface area contributed by atoms with Crippen molar-refractivity contribution in [1.29, 1.82) is 0 Å². The van der Waals surface area contributed by atoms with Gasteiger partial charge in [0, 0.05) is 36.4 Å². The number of ether oxygens (including phenoxy) is 1. The van der Waals surface area contributed by atoms with Gasteiger partial charge in [0.2, 0.25) is 5.91 Å². The lowest BCUT2D eigenvalue weighted by molar-refractivity contribution is -0.134. The number of hydrogen-bond acceptors (Lipinski definition) is 7. The van der Waals surface area contributed by atoms with Crippen LogP contribution in [-0.2, 0) is 9.59 Å². The zero-order valence-electron chi connectivity index (χ0n) is 24.2. The maximum absolute atomic E-state index is 13.7. The molecule has 4 aliphatic rings. The molecule has 5 atom stereocenters.